The van der Waals surface area contributed by atoms with E-state index in [0.717, 1.165) is 44.3 Å². The van der Waals surface area contributed by atoms with Gasteiger partial charge in [-0.25, -0.2) is 0 Å². The number of carbonyl (C=O) groups excluding carboxylic acids is 1. The number of hydrogen-bond donors (Lipinski definition) is 0. The van der Waals surface area contributed by atoms with E-state index in [1.165, 1.54) is 50.8 Å². The molecule has 0 aromatic heterocycles. The minimum absolute atomic E-state index is 0.0380. The Balaban J connectivity index is 1.35. The fraction of sp³-hybridized carbons (Fsp3) is 0.618. The fourth-order valence-corrected chi connectivity index (χ4v) is 7.35. The maximum Gasteiger partial charge on any atom is 0.254 e. The number of benzene rings is 2. The number of ether oxygens (including phenoxy) is 5. The van der Waals surface area contributed by atoms with Gasteiger partial charge in [0, 0.05) is 30.1 Å². The molecule has 5 rings (SSSR count). The molecule has 0 saturated carbocycles. The second-order valence-corrected chi connectivity index (χ2v) is 12.2. The van der Waals surface area contributed by atoms with Crippen molar-refractivity contribution in [1.29, 1.82) is 0 Å². The maximum atomic E-state index is 13.9. The number of rotatable bonds is 11. The van der Waals surface area contributed by atoms with Gasteiger partial charge in [-0.05, 0) is 101 Å². The lowest BCUT2D eigenvalue weighted by atomic mass is 9.76. The number of hydrogen-bond acceptors (Lipinski definition) is 8. The second kappa shape index (κ2) is 14.1. The zero-order valence-electron chi connectivity index (χ0n) is 26.7. The third-order valence-electron chi connectivity index (χ3n) is 9.92. The van der Waals surface area contributed by atoms with Gasteiger partial charge in [0.25, 0.3) is 5.91 Å². The quantitative estimate of drug-likeness (QED) is 0.365. The molecule has 43 heavy (non-hydrogen) atoms. The number of carbonyl (C=O) groups is 1. The number of methoxy groups -OCH3 is 5. The highest BCUT2D eigenvalue weighted by Crippen LogP contribution is 2.43. The van der Waals surface area contributed by atoms with Crippen molar-refractivity contribution in [2.75, 3.05) is 81.4 Å². The summed E-state index contributed by atoms with van der Waals surface area (Å²) < 4.78 is 27.8. The lowest BCUT2D eigenvalue weighted by Gasteiger charge is -2.41. The van der Waals surface area contributed by atoms with Crippen LogP contribution in [0.3, 0.4) is 0 Å². The molecule has 3 saturated heterocycles. The van der Waals surface area contributed by atoms with Gasteiger partial charge in [0.2, 0.25) is 5.75 Å². The zero-order valence-corrected chi connectivity index (χ0v) is 26.7. The molecule has 0 aliphatic carbocycles. The number of likely N-dealkylation sites (tertiary alicyclic amines) is 3. The molecular formula is C34H49N3O6. The molecule has 0 bridgehead atoms. The molecule has 236 valence electrons. The van der Waals surface area contributed by atoms with Gasteiger partial charge in [-0.2, -0.15) is 0 Å². The fourth-order valence-electron chi connectivity index (χ4n) is 7.35. The smallest absolute Gasteiger partial charge is 0.254 e. The molecule has 9 nitrogen and oxygen atoms in total. The highest BCUT2D eigenvalue weighted by Gasteiger charge is 2.42. The van der Waals surface area contributed by atoms with E-state index in [0.29, 0.717) is 41.7 Å². The van der Waals surface area contributed by atoms with Gasteiger partial charge in [-0.15, -0.1) is 0 Å². The van der Waals surface area contributed by atoms with Crippen molar-refractivity contribution >= 4 is 5.91 Å². The number of piperidine rings is 2. The third kappa shape index (κ3) is 6.68. The molecule has 1 amide bonds. The summed E-state index contributed by atoms with van der Waals surface area (Å²) in [5.41, 5.74) is 1.52. The van der Waals surface area contributed by atoms with Crippen LogP contribution in [-0.2, 0) is 5.41 Å². The summed E-state index contributed by atoms with van der Waals surface area (Å²) in [6, 6.07) is 10.5. The summed E-state index contributed by atoms with van der Waals surface area (Å²) >= 11 is 0. The minimum atomic E-state index is -0.195. The van der Waals surface area contributed by atoms with Gasteiger partial charge >= 0.3 is 0 Å². The van der Waals surface area contributed by atoms with Gasteiger partial charge in [0.1, 0.15) is 0 Å². The number of nitrogens with zero attached hydrogens (tertiary/aromatic N) is 3. The second-order valence-electron chi connectivity index (χ2n) is 12.2. The Morgan fingerprint density at radius 1 is 0.767 bits per heavy atom. The Kier molecular flexibility index (Phi) is 10.2. The van der Waals surface area contributed by atoms with E-state index in [1.54, 1.807) is 47.7 Å². The van der Waals surface area contributed by atoms with Crippen LogP contribution in [0.5, 0.6) is 28.7 Å². The van der Waals surface area contributed by atoms with Gasteiger partial charge in [-0.3, -0.25) is 4.79 Å². The Morgan fingerprint density at radius 3 is 2.02 bits per heavy atom. The highest BCUT2D eigenvalue weighted by atomic mass is 16.5. The van der Waals surface area contributed by atoms with Crippen LogP contribution in [0, 0.1) is 0 Å². The molecule has 0 radical (unpaired) electrons. The standard InChI is InChI=1S/C34H49N3O6/c1-39-28-10-9-26(23-29(28)40-2)34(13-19-35-17-11-27(12-18-35)36-15-7-6-8-16-36)14-20-37(24-34)33(38)25-21-30(41-3)32(43-5)31(22-25)42-4/h9-10,21-23,27H,6-8,11-20,24H2,1-5H3. The summed E-state index contributed by atoms with van der Waals surface area (Å²) in [6.07, 6.45) is 8.41. The average Bonchev–Trinajstić information content (AvgIpc) is 3.52. The molecule has 9 heteroatoms. The highest BCUT2D eigenvalue weighted by molar-refractivity contribution is 5.96. The Labute approximate surface area is 257 Å². The molecule has 3 aliphatic heterocycles. The van der Waals surface area contributed by atoms with Gasteiger partial charge in [-0.1, -0.05) is 12.5 Å². The SMILES string of the molecule is COc1ccc(C2(CCN3CCC(N4CCCCC4)CC3)CCN(C(=O)c3cc(OC)c(OC)c(OC)c3)C2)cc1OC. The van der Waals surface area contributed by atoms with Crippen molar-refractivity contribution in [1.82, 2.24) is 14.7 Å². The van der Waals surface area contributed by atoms with Crippen LogP contribution in [-0.4, -0.2) is 108 Å². The van der Waals surface area contributed by atoms with E-state index >= 15 is 0 Å². The van der Waals surface area contributed by atoms with E-state index in [2.05, 4.69) is 21.9 Å². The van der Waals surface area contributed by atoms with Crippen LogP contribution >= 0.6 is 0 Å². The van der Waals surface area contributed by atoms with Crippen LogP contribution in [0.4, 0.5) is 0 Å². The predicted octanol–water partition coefficient (Wildman–Crippen LogP) is 4.85. The Bertz CT molecular complexity index is 1220. The van der Waals surface area contributed by atoms with Crippen molar-refractivity contribution in [3.63, 3.8) is 0 Å². The van der Waals surface area contributed by atoms with Crippen LogP contribution in [0.1, 0.15) is 60.9 Å². The van der Waals surface area contributed by atoms with Gasteiger partial charge in [0.15, 0.2) is 23.0 Å². The van der Waals surface area contributed by atoms with E-state index in [4.69, 9.17) is 23.7 Å². The zero-order chi connectivity index (χ0) is 30.4. The van der Waals surface area contributed by atoms with Gasteiger partial charge in [0.05, 0.1) is 35.5 Å². The first-order valence-electron chi connectivity index (χ1n) is 15.7. The van der Waals surface area contributed by atoms with Gasteiger partial charge < -0.3 is 38.4 Å². The van der Waals surface area contributed by atoms with E-state index in [-0.39, 0.29) is 11.3 Å². The normalized spacial score (nSPS) is 21.9. The first kappa shape index (κ1) is 31.3. The summed E-state index contributed by atoms with van der Waals surface area (Å²) in [5, 5.41) is 0. The lowest BCUT2D eigenvalue weighted by Crippen LogP contribution is -2.47. The Hall–Kier alpha value is -3.17. The van der Waals surface area contributed by atoms with E-state index in [9.17, 15) is 4.79 Å². The first-order chi connectivity index (χ1) is 20.9. The molecule has 3 aliphatic rings. The van der Waals surface area contributed by atoms with Crippen molar-refractivity contribution < 1.29 is 28.5 Å². The molecule has 3 heterocycles. The molecule has 1 atom stereocenters. The molecule has 2 aromatic rings. The molecular weight excluding hydrogens is 546 g/mol. The van der Waals surface area contributed by atoms with Crippen LogP contribution in [0.2, 0.25) is 0 Å². The third-order valence-corrected chi connectivity index (χ3v) is 9.92. The predicted molar refractivity (Wildman–Crippen MR) is 167 cm³/mol. The van der Waals surface area contributed by atoms with Crippen molar-refractivity contribution in [2.45, 2.75) is 56.4 Å². The first-order valence-corrected chi connectivity index (χ1v) is 15.7. The molecule has 2 aromatic carbocycles. The van der Waals surface area contributed by atoms with Crippen molar-refractivity contribution in [3.05, 3.63) is 41.5 Å². The largest absolute Gasteiger partial charge is 0.493 e. The van der Waals surface area contributed by atoms with Crippen LogP contribution in [0.25, 0.3) is 0 Å². The van der Waals surface area contributed by atoms with Crippen molar-refractivity contribution in [3.8, 4) is 28.7 Å². The average molecular weight is 596 g/mol. The molecule has 1 unspecified atom stereocenters. The van der Waals surface area contributed by atoms with Crippen LogP contribution in [0.15, 0.2) is 30.3 Å². The molecule has 0 spiro atoms. The Morgan fingerprint density at radius 2 is 1.42 bits per heavy atom. The summed E-state index contributed by atoms with van der Waals surface area (Å²) in [7, 11) is 8.04. The topological polar surface area (TPSA) is 72.9 Å². The maximum absolute atomic E-state index is 13.9. The summed E-state index contributed by atoms with van der Waals surface area (Å²) in [6.45, 7) is 7.11. The lowest BCUT2D eigenvalue weighted by molar-refractivity contribution is 0.0771. The molecule has 0 N–H and O–H groups in total. The monoisotopic (exact) mass is 595 g/mol. The minimum Gasteiger partial charge on any atom is -0.493 e. The molecule has 3 fully saturated rings. The van der Waals surface area contributed by atoms with E-state index < -0.39 is 0 Å². The summed E-state index contributed by atoms with van der Waals surface area (Å²) in [5.74, 6) is 2.82. The van der Waals surface area contributed by atoms with Crippen LogP contribution < -0.4 is 23.7 Å². The number of amides is 1. The van der Waals surface area contributed by atoms with Crippen molar-refractivity contribution in [2.24, 2.45) is 0 Å². The van der Waals surface area contributed by atoms with E-state index in [1.807, 2.05) is 11.0 Å². The summed E-state index contributed by atoms with van der Waals surface area (Å²) in [4.78, 5) is 21.3.